The summed E-state index contributed by atoms with van der Waals surface area (Å²) in [5.41, 5.74) is -0.0508. The van der Waals surface area contributed by atoms with Gasteiger partial charge in [-0.1, -0.05) is 6.42 Å². The van der Waals surface area contributed by atoms with Crippen LogP contribution in [0.3, 0.4) is 0 Å². The maximum Gasteiger partial charge on any atom is 0.308 e. The molecule has 1 aliphatic heterocycles. The van der Waals surface area contributed by atoms with Gasteiger partial charge in [0.05, 0.1) is 12.0 Å². The lowest BCUT2D eigenvalue weighted by molar-refractivity contribution is -0.146. The maximum atomic E-state index is 11.2. The van der Waals surface area contributed by atoms with E-state index in [1.54, 1.807) is 7.11 Å². The van der Waals surface area contributed by atoms with Crippen LogP contribution in [-0.4, -0.2) is 37.4 Å². The molecular formula is C11H19NO3. The van der Waals surface area contributed by atoms with Crippen LogP contribution in [-0.2, 0) is 9.53 Å². The van der Waals surface area contributed by atoms with E-state index < -0.39 is 5.97 Å². The first-order chi connectivity index (χ1) is 7.18. The van der Waals surface area contributed by atoms with Crippen molar-refractivity contribution in [2.75, 3.05) is 20.2 Å². The van der Waals surface area contributed by atoms with E-state index in [4.69, 9.17) is 4.74 Å². The van der Waals surface area contributed by atoms with E-state index in [2.05, 4.69) is 5.32 Å². The summed E-state index contributed by atoms with van der Waals surface area (Å²) in [6, 6.07) is 0. The topological polar surface area (TPSA) is 58.6 Å². The van der Waals surface area contributed by atoms with Crippen LogP contribution in [0.15, 0.2) is 0 Å². The highest BCUT2D eigenvalue weighted by Crippen LogP contribution is 2.45. The van der Waals surface area contributed by atoms with Crippen LogP contribution >= 0.6 is 0 Å². The highest BCUT2D eigenvalue weighted by atomic mass is 16.5. The summed E-state index contributed by atoms with van der Waals surface area (Å²) in [6.07, 6.45) is 4.33. The lowest BCUT2D eigenvalue weighted by Gasteiger charge is -2.39. The van der Waals surface area contributed by atoms with Crippen molar-refractivity contribution in [1.82, 2.24) is 5.32 Å². The highest BCUT2D eigenvalue weighted by Gasteiger charge is 2.49. The molecule has 86 valence electrons. The number of methoxy groups -OCH3 is 1. The first kappa shape index (κ1) is 10.9. The van der Waals surface area contributed by atoms with Gasteiger partial charge in [0, 0.05) is 20.2 Å². The van der Waals surface area contributed by atoms with Crippen LogP contribution in [0.2, 0.25) is 0 Å². The third kappa shape index (κ3) is 1.88. The van der Waals surface area contributed by atoms with Crippen molar-refractivity contribution in [3.63, 3.8) is 0 Å². The summed E-state index contributed by atoms with van der Waals surface area (Å²) < 4.78 is 5.39. The van der Waals surface area contributed by atoms with Gasteiger partial charge in [-0.25, -0.2) is 0 Å². The number of carbonyl (C=O) groups is 1. The molecule has 2 aliphatic rings. The molecule has 0 amide bonds. The van der Waals surface area contributed by atoms with Gasteiger partial charge in [0.25, 0.3) is 0 Å². The molecule has 1 saturated carbocycles. The molecular weight excluding hydrogens is 194 g/mol. The van der Waals surface area contributed by atoms with Crippen LogP contribution < -0.4 is 5.32 Å². The lowest BCUT2D eigenvalue weighted by Crippen LogP contribution is -2.41. The van der Waals surface area contributed by atoms with Crippen molar-refractivity contribution in [2.45, 2.75) is 31.8 Å². The van der Waals surface area contributed by atoms with Gasteiger partial charge in [-0.3, -0.25) is 4.79 Å². The molecule has 4 nitrogen and oxygen atoms in total. The standard InChI is InChI=1S/C11H19NO3/c1-15-8-3-2-4-11(5-8)7-12-6-9(11)10(13)14/h8-9,12H,2-7H2,1H3,(H,13,14). The van der Waals surface area contributed by atoms with Crippen LogP contribution in [0.25, 0.3) is 0 Å². The van der Waals surface area contributed by atoms with Crippen molar-refractivity contribution in [1.29, 1.82) is 0 Å². The fourth-order valence-corrected chi connectivity index (χ4v) is 3.17. The second kappa shape index (κ2) is 4.10. The van der Waals surface area contributed by atoms with E-state index in [0.29, 0.717) is 6.54 Å². The minimum atomic E-state index is -0.656. The Bertz CT molecular complexity index is 256. The van der Waals surface area contributed by atoms with E-state index in [1.165, 1.54) is 0 Å². The predicted octanol–water partition coefficient (Wildman–Crippen LogP) is 0.866. The Balaban J connectivity index is 2.13. The Morgan fingerprint density at radius 1 is 1.60 bits per heavy atom. The molecule has 0 bridgehead atoms. The Hall–Kier alpha value is -0.610. The summed E-state index contributed by atoms with van der Waals surface area (Å²) in [4.78, 5) is 11.2. The van der Waals surface area contributed by atoms with E-state index in [9.17, 15) is 9.90 Å². The quantitative estimate of drug-likeness (QED) is 0.714. The molecule has 1 saturated heterocycles. The zero-order valence-electron chi connectivity index (χ0n) is 9.16. The van der Waals surface area contributed by atoms with Crippen LogP contribution in [0.1, 0.15) is 25.7 Å². The zero-order chi connectivity index (χ0) is 10.9. The summed E-state index contributed by atoms with van der Waals surface area (Å²) in [6.45, 7) is 1.45. The number of carboxylic acids is 1. The molecule has 3 atom stereocenters. The Kier molecular flexibility index (Phi) is 2.98. The van der Waals surface area contributed by atoms with Crippen LogP contribution in [0.4, 0.5) is 0 Å². The molecule has 1 aliphatic carbocycles. The first-order valence-electron chi connectivity index (χ1n) is 5.64. The SMILES string of the molecule is COC1CCCC2(CNCC2C(=O)O)C1. The molecule has 0 aromatic heterocycles. The number of nitrogens with one attached hydrogen (secondary N) is 1. The summed E-state index contributed by atoms with van der Waals surface area (Å²) in [5.74, 6) is -0.882. The average Bonchev–Trinajstić information content (AvgIpc) is 2.61. The molecule has 4 heteroatoms. The zero-order valence-corrected chi connectivity index (χ0v) is 9.16. The van der Waals surface area contributed by atoms with Gasteiger partial charge in [-0.05, 0) is 24.7 Å². The summed E-state index contributed by atoms with van der Waals surface area (Å²) in [5, 5.41) is 12.4. The molecule has 2 N–H and O–H groups in total. The normalized spacial score (nSPS) is 40.9. The molecule has 0 aromatic carbocycles. The molecule has 0 aromatic rings. The third-order valence-electron chi connectivity index (χ3n) is 4.03. The third-order valence-corrected chi connectivity index (χ3v) is 4.03. The minimum absolute atomic E-state index is 0.0508. The van der Waals surface area contributed by atoms with Crippen LogP contribution in [0.5, 0.6) is 0 Å². The van der Waals surface area contributed by atoms with Crippen molar-refractivity contribution in [3.8, 4) is 0 Å². The summed E-state index contributed by atoms with van der Waals surface area (Å²) in [7, 11) is 1.72. The molecule has 0 radical (unpaired) electrons. The smallest absolute Gasteiger partial charge is 0.308 e. The fourth-order valence-electron chi connectivity index (χ4n) is 3.17. The second-order valence-corrected chi connectivity index (χ2v) is 4.84. The maximum absolute atomic E-state index is 11.2. The number of ether oxygens (including phenoxy) is 1. The van der Waals surface area contributed by atoms with Gasteiger partial charge < -0.3 is 15.2 Å². The predicted molar refractivity (Wildman–Crippen MR) is 55.7 cm³/mol. The van der Waals surface area contributed by atoms with Gasteiger partial charge in [-0.2, -0.15) is 0 Å². The molecule has 1 heterocycles. The monoisotopic (exact) mass is 213 g/mol. The van der Waals surface area contributed by atoms with Crippen molar-refractivity contribution >= 4 is 5.97 Å². The molecule has 2 rings (SSSR count). The Morgan fingerprint density at radius 3 is 3.07 bits per heavy atom. The second-order valence-electron chi connectivity index (χ2n) is 4.84. The first-order valence-corrected chi connectivity index (χ1v) is 5.64. The molecule has 1 spiro atoms. The van der Waals surface area contributed by atoms with Gasteiger partial charge in [-0.15, -0.1) is 0 Å². The van der Waals surface area contributed by atoms with E-state index in [0.717, 1.165) is 32.2 Å². The number of rotatable bonds is 2. The number of aliphatic carboxylic acids is 1. The highest BCUT2D eigenvalue weighted by molar-refractivity contribution is 5.72. The summed E-state index contributed by atoms with van der Waals surface area (Å²) >= 11 is 0. The Labute approximate surface area is 90.0 Å². The van der Waals surface area contributed by atoms with Crippen molar-refractivity contribution < 1.29 is 14.6 Å². The fraction of sp³-hybridized carbons (Fsp3) is 0.909. The van der Waals surface area contributed by atoms with Gasteiger partial charge >= 0.3 is 5.97 Å². The van der Waals surface area contributed by atoms with E-state index in [1.807, 2.05) is 0 Å². The largest absolute Gasteiger partial charge is 0.481 e. The Morgan fingerprint density at radius 2 is 2.40 bits per heavy atom. The number of hydrogen-bond acceptors (Lipinski definition) is 3. The number of hydrogen-bond donors (Lipinski definition) is 2. The van der Waals surface area contributed by atoms with Crippen LogP contribution in [0, 0.1) is 11.3 Å². The van der Waals surface area contributed by atoms with E-state index in [-0.39, 0.29) is 17.4 Å². The van der Waals surface area contributed by atoms with Crippen molar-refractivity contribution in [2.24, 2.45) is 11.3 Å². The van der Waals surface area contributed by atoms with Gasteiger partial charge in [0.15, 0.2) is 0 Å². The van der Waals surface area contributed by atoms with E-state index >= 15 is 0 Å². The average molecular weight is 213 g/mol. The minimum Gasteiger partial charge on any atom is -0.481 e. The lowest BCUT2D eigenvalue weighted by atomic mass is 9.67. The number of carboxylic acid groups (broad SMARTS) is 1. The molecule has 2 fully saturated rings. The van der Waals surface area contributed by atoms with Gasteiger partial charge in [0.1, 0.15) is 0 Å². The molecule has 15 heavy (non-hydrogen) atoms. The molecule has 3 unspecified atom stereocenters. The van der Waals surface area contributed by atoms with Crippen molar-refractivity contribution in [3.05, 3.63) is 0 Å². The van der Waals surface area contributed by atoms with Gasteiger partial charge in [0.2, 0.25) is 0 Å².